The zero-order valence-electron chi connectivity index (χ0n) is 18.9. The number of aryl methyl sites for hydroxylation is 2. The summed E-state index contributed by atoms with van der Waals surface area (Å²) in [7, 11) is -0.725. The van der Waals surface area contributed by atoms with E-state index in [2.05, 4.69) is 12.1 Å². The molecule has 4 rings (SSSR count). The van der Waals surface area contributed by atoms with Crippen molar-refractivity contribution in [1.82, 2.24) is 9.29 Å². The van der Waals surface area contributed by atoms with E-state index in [1.165, 1.54) is 37.6 Å². The molecule has 0 aliphatic rings. The van der Waals surface area contributed by atoms with Gasteiger partial charge in [0.05, 0.1) is 21.7 Å². The summed E-state index contributed by atoms with van der Waals surface area (Å²) in [5, 5.41) is 0.577. The van der Waals surface area contributed by atoms with Crippen LogP contribution in [0.2, 0.25) is 0 Å². The number of hydrogen-bond acceptors (Lipinski definition) is 5. The number of hydrogen-bond donors (Lipinski definition) is 0. The zero-order chi connectivity index (χ0) is 23.8. The van der Waals surface area contributed by atoms with Crippen LogP contribution in [0, 0.1) is 13.8 Å². The molecule has 0 radical (unpaired) electrons. The van der Waals surface area contributed by atoms with Gasteiger partial charge in [-0.15, -0.1) is 0 Å². The Balaban J connectivity index is 1.81. The van der Waals surface area contributed by atoms with Crippen molar-refractivity contribution in [2.45, 2.75) is 25.3 Å². The molecule has 170 valence electrons. The molecule has 0 aliphatic carbocycles. The van der Waals surface area contributed by atoms with Gasteiger partial charge in [0, 0.05) is 19.7 Å². The van der Waals surface area contributed by atoms with Crippen molar-refractivity contribution in [2.24, 2.45) is 0 Å². The standard InChI is InChI=1S/C25H25N3O3S2/c1-17-13-18(2)23-22(14-17)32-25(26-23)28(16-19-9-6-5-7-10-19)24(29)20-11-8-12-21(15-20)33(30,31)27(3)4/h5-15H,16H2,1-4H3. The quantitative estimate of drug-likeness (QED) is 0.390. The first kappa shape index (κ1) is 23.1. The highest BCUT2D eigenvalue weighted by atomic mass is 32.2. The van der Waals surface area contributed by atoms with E-state index in [-0.39, 0.29) is 10.8 Å². The summed E-state index contributed by atoms with van der Waals surface area (Å²) < 4.78 is 27.4. The molecular weight excluding hydrogens is 454 g/mol. The molecule has 6 nitrogen and oxygen atoms in total. The Kier molecular flexibility index (Phi) is 6.34. The molecule has 8 heteroatoms. The van der Waals surface area contributed by atoms with Crippen molar-refractivity contribution in [3.63, 3.8) is 0 Å². The van der Waals surface area contributed by atoms with Crippen LogP contribution in [-0.4, -0.2) is 37.7 Å². The molecule has 0 N–H and O–H groups in total. The lowest BCUT2D eigenvalue weighted by atomic mass is 10.1. The number of amides is 1. The first-order valence-corrected chi connectivity index (χ1v) is 12.7. The van der Waals surface area contributed by atoms with Crippen LogP contribution in [-0.2, 0) is 16.6 Å². The number of carbonyl (C=O) groups is 1. The van der Waals surface area contributed by atoms with Crippen molar-refractivity contribution in [3.8, 4) is 0 Å². The minimum Gasteiger partial charge on any atom is -0.279 e. The molecule has 1 amide bonds. The summed E-state index contributed by atoms with van der Waals surface area (Å²) in [6, 6.07) is 20.0. The van der Waals surface area contributed by atoms with Crippen LogP contribution >= 0.6 is 11.3 Å². The Morgan fingerprint density at radius 2 is 1.70 bits per heavy atom. The summed E-state index contributed by atoms with van der Waals surface area (Å²) >= 11 is 1.46. The lowest BCUT2D eigenvalue weighted by Crippen LogP contribution is -2.30. The smallest absolute Gasteiger partial charge is 0.260 e. The summed E-state index contributed by atoms with van der Waals surface area (Å²) in [4.78, 5) is 20.2. The summed E-state index contributed by atoms with van der Waals surface area (Å²) in [6.07, 6.45) is 0. The maximum absolute atomic E-state index is 13.7. The highest BCUT2D eigenvalue weighted by Gasteiger charge is 2.25. The molecule has 0 bridgehead atoms. The molecule has 4 aromatic rings. The van der Waals surface area contributed by atoms with E-state index >= 15 is 0 Å². The number of carbonyl (C=O) groups excluding carboxylic acids is 1. The van der Waals surface area contributed by atoms with Gasteiger partial charge in [-0.2, -0.15) is 0 Å². The number of rotatable bonds is 6. The van der Waals surface area contributed by atoms with E-state index in [9.17, 15) is 13.2 Å². The summed E-state index contributed by atoms with van der Waals surface area (Å²) in [6.45, 7) is 4.37. The van der Waals surface area contributed by atoms with Crippen LogP contribution in [0.25, 0.3) is 10.2 Å². The Labute approximate surface area is 198 Å². The monoisotopic (exact) mass is 479 g/mol. The van der Waals surface area contributed by atoms with Gasteiger partial charge in [0.25, 0.3) is 5.91 Å². The number of aromatic nitrogens is 1. The Hall–Kier alpha value is -3.07. The Bertz CT molecular complexity index is 1430. The third kappa shape index (κ3) is 4.68. The first-order chi connectivity index (χ1) is 15.7. The summed E-state index contributed by atoms with van der Waals surface area (Å²) in [5.41, 5.74) is 4.31. The predicted octanol–water partition coefficient (Wildman–Crippen LogP) is 5.01. The van der Waals surface area contributed by atoms with Gasteiger partial charge in [0.1, 0.15) is 0 Å². The molecule has 0 saturated carbocycles. The normalized spacial score (nSPS) is 11.8. The third-order valence-electron chi connectivity index (χ3n) is 5.34. The Morgan fingerprint density at radius 3 is 2.39 bits per heavy atom. The van der Waals surface area contributed by atoms with Crippen LogP contribution in [0.4, 0.5) is 5.13 Å². The van der Waals surface area contributed by atoms with Crippen LogP contribution in [0.3, 0.4) is 0 Å². The number of sulfonamides is 1. The average molecular weight is 480 g/mol. The molecule has 0 spiro atoms. The second-order valence-electron chi connectivity index (χ2n) is 8.12. The van der Waals surface area contributed by atoms with Crippen molar-refractivity contribution in [3.05, 3.63) is 89.0 Å². The molecule has 33 heavy (non-hydrogen) atoms. The van der Waals surface area contributed by atoms with E-state index in [1.807, 2.05) is 44.2 Å². The van der Waals surface area contributed by atoms with Gasteiger partial charge in [-0.05, 0) is 54.8 Å². The zero-order valence-corrected chi connectivity index (χ0v) is 20.6. The molecule has 1 aromatic heterocycles. The van der Waals surface area contributed by atoms with Crippen LogP contribution < -0.4 is 4.90 Å². The molecule has 0 fully saturated rings. The molecule has 1 heterocycles. The van der Waals surface area contributed by atoms with E-state index < -0.39 is 10.0 Å². The van der Waals surface area contributed by atoms with Crippen molar-refractivity contribution in [1.29, 1.82) is 0 Å². The van der Waals surface area contributed by atoms with E-state index in [0.29, 0.717) is 17.2 Å². The fraction of sp³-hybridized carbons (Fsp3) is 0.200. The SMILES string of the molecule is Cc1cc(C)c2nc(N(Cc3ccccc3)C(=O)c3cccc(S(=O)(=O)N(C)C)c3)sc2c1. The van der Waals surface area contributed by atoms with Crippen molar-refractivity contribution in [2.75, 3.05) is 19.0 Å². The van der Waals surface area contributed by atoms with Gasteiger partial charge in [-0.1, -0.05) is 53.8 Å². The van der Waals surface area contributed by atoms with Gasteiger partial charge in [-0.3, -0.25) is 9.69 Å². The molecule has 0 unspecified atom stereocenters. The van der Waals surface area contributed by atoms with Crippen molar-refractivity contribution >= 4 is 42.6 Å². The molecule has 0 saturated heterocycles. The van der Waals surface area contributed by atoms with Crippen LogP contribution in [0.5, 0.6) is 0 Å². The second kappa shape index (κ2) is 9.05. The van der Waals surface area contributed by atoms with E-state index in [1.54, 1.807) is 17.0 Å². The number of anilines is 1. The fourth-order valence-corrected chi connectivity index (χ4v) is 5.71. The third-order valence-corrected chi connectivity index (χ3v) is 8.17. The maximum atomic E-state index is 13.7. The van der Waals surface area contributed by atoms with Gasteiger partial charge in [-0.25, -0.2) is 17.7 Å². The second-order valence-corrected chi connectivity index (χ2v) is 11.3. The highest BCUT2D eigenvalue weighted by Crippen LogP contribution is 2.33. The molecule has 0 aliphatic heterocycles. The largest absolute Gasteiger partial charge is 0.279 e. The molecule has 3 aromatic carbocycles. The number of thiazole rings is 1. The van der Waals surface area contributed by atoms with Gasteiger partial charge >= 0.3 is 0 Å². The molecular formula is C25H25N3O3S2. The highest BCUT2D eigenvalue weighted by molar-refractivity contribution is 7.89. The minimum absolute atomic E-state index is 0.0776. The van der Waals surface area contributed by atoms with E-state index in [0.717, 1.165) is 31.2 Å². The Morgan fingerprint density at radius 1 is 0.970 bits per heavy atom. The number of nitrogens with zero attached hydrogens (tertiary/aromatic N) is 3. The van der Waals surface area contributed by atoms with Gasteiger partial charge in [0.15, 0.2) is 5.13 Å². The maximum Gasteiger partial charge on any atom is 0.260 e. The number of fused-ring (bicyclic) bond motifs is 1. The lowest BCUT2D eigenvalue weighted by Gasteiger charge is -2.21. The topological polar surface area (TPSA) is 70.6 Å². The first-order valence-electron chi connectivity index (χ1n) is 10.4. The average Bonchev–Trinajstić information content (AvgIpc) is 3.22. The van der Waals surface area contributed by atoms with E-state index in [4.69, 9.17) is 4.98 Å². The number of benzene rings is 3. The lowest BCUT2D eigenvalue weighted by molar-refractivity contribution is 0.0985. The predicted molar refractivity (Wildman–Crippen MR) is 133 cm³/mol. The molecule has 0 atom stereocenters. The summed E-state index contributed by atoms with van der Waals surface area (Å²) in [5.74, 6) is -0.303. The van der Waals surface area contributed by atoms with Gasteiger partial charge in [0.2, 0.25) is 10.0 Å². The van der Waals surface area contributed by atoms with Crippen LogP contribution in [0.15, 0.2) is 71.6 Å². The van der Waals surface area contributed by atoms with Gasteiger partial charge < -0.3 is 0 Å². The van der Waals surface area contributed by atoms with Crippen LogP contribution in [0.1, 0.15) is 27.0 Å². The van der Waals surface area contributed by atoms with Crippen molar-refractivity contribution < 1.29 is 13.2 Å². The minimum atomic E-state index is -3.66. The fourth-order valence-electron chi connectivity index (χ4n) is 3.62.